The molecule has 0 radical (unpaired) electrons. The highest BCUT2D eigenvalue weighted by molar-refractivity contribution is 5.76. The van der Waals surface area contributed by atoms with Gasteiger partial charge in [0.1, 0.15) is 11.5 Å². The minimum atomic E-state index is 0.229. The molecule has 2 aromatic rings. The van der Waals surface area contributed by atoms with E-state index in [0.29, 0.717) is 13.0 Å². The number of aromatic nitrogens is 2. The summed E-state index contributed by atoms with van der Waals surface area (Å²) in [6, 6.07) is 3.88. The van der Waals surface area contributed by atoms with E-state index < -0.39 is 0 Å². The molecular weight excluding hydrogens is 292 g/mol. The molecule has 0 aromatic carbocycles. The Bertz CT molecular complexity index is 614. The zero-order valence-corrected chi connectivity index (χ0v) is 14.2. The summed E-state index contributed by atoms with van der Waals surface area (Å²) in [5.74, 6) is 1.91. The van der Waals surface area contributed by atoms with Gasteiger partial charge >= 0.3 is 0 Å². The standard InChI is InChI=1S/C17H26N4O2/c1-4-21(5-2)16(22)7-6-10-18-11-14-12-19-20-17(14)15-9-8-13(3)23-15/h8-9,12,18H,4-7,10-11H2,1-3H3,(H,19,20). The summed E-state index contributed by atoms with van der Waals surface area (Å²) in [4.78, 5) is 13.8. The number of H-pyrrole nitrogens is 1. The van der Waals surface area contributed by atoms with E-state index in [9.17, 15) is 4.79 Å². The van der Waals surface area contributed by atoms with E-state index in [0.717, 1.165) is 48.8 Å². The van der Waals surface area contributed by atoms with Gasteiger partial charge in [-0.1, -0.05) is 0 Å². The van der Waals surface area contributed by atoms with Crippen LogP contribution in [0.3, 0.4) is 0 Å². The first-order valence-corrected chi connectivity index (χ1v) is 8.23. The summed E-state index contributed by atoms with van der Waals surface area (Å²) in [6.45, 7) is 9.00. The highest BCUT2D eigenvalue weighted by atomic mass is 16.3. The van der Waals surface area contributed by atoms with Gasteiger partial charge in [-0.15, -0.1) is 0 Å². The molecule has 2 rings (SSSR count). The molecule has 0 saturated carbocycles. The minimum Gasteiger partial charge on any atom is -0.460 e. The molecule has 0 saturated heterocycles. The normalized spacial score (nSPS) is 10.9. The van der Waals surface area contributed by atoms with Gasteiger partial charge in [-0.2, -0.15) is 5.10 Å². The van der Waals surface area contributed by atoms with E-state index in [1.807, 2.05) is 37.8 Å². The third-order valence-electron chi connectivity index (χ3n) is 3.88. The van der Waals surface area contributed by atoms with E-state index in [1.165, 1.54) is 0 Å². The van der Waals surface area contributed by atoms with Crippen molar-refractivity contribution >= 4 is 5.91 Å². The lowest BCUT2D eigenvalue weighted by molar-refractivity contribution is -0.130. The average Bonchev–Trinajstić information content (AvgIpc) is 3.16. The molecular formula is C17H26N4O2. The lowest BCUT2D eigenvalue weighted by Crippen LogP contribution is -2.30. The molecule has 0 unspecified atom stereocenters. The monoisotopic (exact) mass is 318 g/mol. The number of hydrogen-bond donors (Lipinski definition) is 2. The minimum absolute atomic E-state index is 0.229. The molecule has 0 aliphatic heterocycles. The SMILES string of the molecule is CCN(CC)C(=O)CCCNCc1cn[nH]c1-c1ccc(C)o1. The van der Waals surface area contributed by atoms with E-state index in [2.05, 4.69) is 15.5 Å². The van der Waals surface area contributed by atoms with Crippen LogP contribution in [0.25, 0.3) is 11.5 Å². The van der Waals surface area contributed by atoms with Crippen LogP contribution in [0.5, 0.6) is 0 Å². The molecule has 0 spiro atoms. The van der Waals surface area contributed by atoms with Crippen LogP contribution in [0.15, 0.2) is 22.7 Å². The largest absolute Gasteiger partial charge is 0.460 e. The van der Waals surface area contributed by atoms with Crippen LogP contribution >= 0.6 is 0 Å². The highest BCUT2D eigenvalue weighted by Gasteiger charge is 2.11. The maximum atomic E-state index is 11.9. The van der Waals surface area contributed by atoms with Crippen LogP contribution in [0, 0.1) is 6.92 Å². The molecule has 1 amide bonds. The summed E-state index contributed by atoms with van der Waals surface area (Å²) in [7, 11) is 0. The van der Waals surface area contributed by atoms with Crippen LogP contribution in [-0.4, -0.2) is 40.6 Å². The summed E-state index contributed by atoms with van der Waals surface area (Å²) in [5.41, 5.74) is 1.97. The van der Waals surface area contributed by atoms with Gasteiger partial charge < -0.3 is 14.6 Å². The zero-order chi connectivity index (χ0) is 16.7. The third kappa shape index (κ3) is 4.69. The fraction of sp³-hybridized carbons (Fsp3) is 0.529. The van der Waals surface area contributed by atoms with Crippen molar-refractivity contribution in [3.05, 3.63) is 29.7 Å². The quantitative estimate of drug-likeness (QED) is 0.697. The molecule has 0 atom stereocenters. The number of carbonyl (C=O) groups excluding carboxylic acids is 1. The van der Waals surface area contributed by atoms with Crippen molar-refractivity contribution in [2.24, 2.45) is 0 Å². The van der Waals surface area contributed by atoms with Gasteiger partial charge in [-0.3, -0.25) is 9.89 Å². The molecule has 0 bridgehead atoms. The Balaban J connectivity index is 1.75. The summed E-state index contributed by atoms with van der Waals surface area (Å²) < 4.78 is 5.63. The molecule has 0 aliphatic carbocycles. The van der Waals surface area contributed by atoms with Crippen LogP contribution in [0.1, 0.15) is 38.0 Å². The number of rotatable bonds is 9. The first-order chi connectivity index (χ1) is 11.2. The van der Waals surface area contributed by atoms with Crippen molar-refractivity contribution < 1.29 is 9.21 Å². The van der Waals surface area contributed by atoms with Gasteiger partial charge in [0.25, 0.3) is 0 Å². The number of nitrogens with one attached hydrogen (secondary N) is 2. The molecule has 2 aromatic heterocycles. The van der Waals surface area contributed by atoms with Gasteiger partial charge in [-0.05, 0) is 45.9 Å². The Morgan fingerprint density at radius 2 is 2.13 bits per heavy atom. The van der Waals surface area contributed by atoms with Crippen LogP contribution in [0.4, 0.5) is 0 Å². The maximum Gasteiger partial charge on any atom is 0.222 e. The molecule has 2 N–H and O–H groups in total. The topological polar surface area (TPSA) is 74.2 Å². The van der Waals surface area contributed by atoms with Crippen molar-refractivity contribution in [2.45, 2.75) is 40.2 Å². The summed E-state index contributed by atoms with van der Waals surface area (Å²) in [6.07, 6.45) is 3.23. The van der Waals surface area contributed by atoms with Crippen molar-refractivity contribution in [1.82, 2.24) is 20.4 Å². The molecule has 0 fully saturated rings. The second-order valence-corrected chi connectivity index (χ2v) is 5.53. The molecule has 6 heteroatoms. The number of furan rings is 1. The van der Waals surface area contributed by atoms with Crippen molar-refractivity contribution in [3.63, 3.8) is 0 Å². The first kappa shape index (κ1) is 17.3. The van der Waals surface area contributed by atoms with Gasteiger partial charge in [0.15, 0.2) is 5.76 Å². The number of nitrogens with zero attached hydrogens (tertiary/aromatic N) is 2. The van der Waals surface area contributed by atoms with Crippen molar-refractivity contribution in [1.29, 1.82) is 0 Å². The van der Waals surface area contributed by atoms with Crippen LogP contribution in [0.2, 0.25) is 0 Å². The lowest BCUT2D eigenvalue weighted by Gasteiger charge is -2.18. The predicted octanol–water partition coefficient (Wildman–Crippen LogP) is 2.72. The van der Waals surface area contributed by atoms with E-state index >= 15 is 0 Å². The smallest absolute Gasteiger partial charge is 0.222 e. The zero-order valence-electron chi connectivity index (χ0n) is 14.2. The second-order valence-electron chi connectivity index (χ2n) is 5.53. The van der Waals surface area contributed by atoms with E-state index in [-0.39, 0.29) is 5.91 Å². The maximum absolute atomic E-state index is 11.9. The highest BCUT2D eigenvalue weighted by Crippen LogP contribution is 2.23. The number of aromatic amines is 1. The van der Waals surface area contributed by atoms with Crippen molar-refractivity contribution in [2.75, 3.05) is 19.6 Å². The Hall–Kier alpha value is -2.08. The van der Waals surface area contributed by atoms with Crippen LogP contribution in [-0.2, 0) is 11.3 Å². The summed E-state index contributed by atoms with van der Waals surface area (Å²) in [5, 5.41) is 10.4. The van der Waals surface area contributed by atoms with Gasteiger partial charge in [0, 0.05) is 31.6 Å². The molecule has 2 heterocycles. The molecule has 23 heavy (non-hydrogen) atoms. The average molecular weight is 318 g/mol. The molecule has 6 nitrogen and oxygen atoms in total. The fourth-order valence-corrected chi connectivity index (χ4v) is 2.55. The fourth-order valence-electron chi connectivity index (χ4n) is 2.55. The third-order valence-corrected chi connectivity index (χ3v) is 3.88. The van der Waals surface area contributed by atoms with Crippen molar-refractivity contribution in [3.8, 4) is 11.5 Å². The Kier molecular flexibility index (Phi) is 6.40. The number of carbonyl (C=O) groups is 1. The number of amides is 1. The van der Waals surface area contributed by atoms with E-state index in [1.54, 1.807) is 6.20 Å². The van der Waals surface area contributed by atoms with Gasteiger partial charge in [-0.25, -0.2) is 0 Å². The second kappa shape index (κ2) is 8.53. The van der Waals surface area contributed by atoms with E-state index in [4.69, 9.17) is 4.42 Å². The Labute approximate surface area is 137 Å². The summed E-state index contributed by atoms with van der Waals surface area (Å²) >= 11 is 0. The Morgan fingerprint density at radius 3 is 2.78 bits per heavy atom. The molecule has 126 valence electrons. The van der Waals surface area contributed by atoms with Crippen LogP contribution < -0.4 is 5.32 Å². The number of hydrogen-bond acceptors (Lipinski definition) is 4. The van der Waals surface area contributed by atoms with Gasteiger partial charge in [0.05, 0.1) is 6.20 Å². The Morgan fingerprint density at radius 1 is 1.35 bits per heavy atom. The lowest BCUT2D eigenvalue weighted by atomic mass is 10.2. The molecule has 0 aliphatic rings. The van der Waals surface area contributed by atoms with Gasteiger partial charge in [0.2, 0.25) is 5.91 Å². The first-order valence-electron chi connectivity index (χ1n) is 8.23. The predicted molar refractivity (Wildman–Crippen MR) is 89.9 cm³/mol. The number of aryl methyl sites for hydroxylation is 1.